The van der Waals surface area contributed by atoms with Gasteiger partial charge < -0.3 is 10.4 Å². The Bertz CT molecular complexity index is 1040. The van der Waals surface area contributed by atoms with Gasteiger partial charge in [0.25, 0.3) is 0 Å². The number of aryl methyl sites for hydroxylation is 2. The van der Waals surface area contributed by atoms with Crippen molar-refractivity contribution in [1.29, 1.82) is 0 Å². The molecule has 0 radical (unpaired) electrons. The number of hydrogen-bond acceptors (Lipinski definition) is 4. The van der Waals surface area contributed by atoms with Crippen LogP contribution in [0.4, 0.5) is 5.82 Å². The lowest BCUT2D eigenvalue weighted by Gasteiger charge is -2.20. The Kier molecular flexibility index (Phi) is 4.42. The Morgan fingerprint density at radius 2 is 1.89 bits per heavy atom. The van der Waals surface area contributed by atoms with Crippen LogP contribution in [-0.2, 0) is 17.6 Å². The van der Waals surface area contributed by atoms with Crippen LogP contribution in [0.25, 0.3) is 23.4 Å². The van der Waals surface area contributed by atoms with Crippen LogP contribution in [0.5, 0.6) is 5.75 Å². The first-order valence-electron chi connectivity index (χ1n) is 8.84. The Hall–Kier alpha value is -3.47. The molecule has 5 nitrogen and oxygen atoms in total. The van der Waals surface area contributed by atoms with Gasteiger partial charge in [-0.15, -0.1) is 0 Å². The summed E-state index contributed by atoms with van der Waals surface area (Å²) < 4.78 is 0. The van der Waals surface area contributed by atoms with Crippen molar-refractivity contribution in [3.63, 3.8) is 0 Å². The molecule has 0 aliphatic heterocycles. The van der Waals surface area contributed by atoms with Crippen molar-refractivity contribution < 1.29 is 9.90 Å². The monoisotopic (exact) mass is 357 g/mol. The first-order chi connectivity index (χ1) is 13.1. The van der Waals surface area contributed by atoms with E-state index in [0.29, 0.717) is 17.9 Å². The van der Waals surface area contributed by atoms with E-state index in [1.165, 1.54) is 6.92 Å². The van der Waals surface area contributed by atoms with Crippen molar-refractivity contribution in [1.82, 2.24) is 9.97 Å². The number of nitrogens with zero attached hydrogens (tertiary/aromatic N) is 2. The van der Waals surface area contributed by atoms with Gasteiger partial charge in [-0.1, -0.05) is 36.4 Å². The van der Waals surface area contributed by atoms with E-state index >= 15 is 0 Å². The molecule has 5 heteroatoms. The predicted molar refractivity (Wildman–Crippen MR) is 106 cm³/mol. The van der Waals surface area contributed by atoms with Gasteiger partial charge in [0.2, 0.25) is 5.91 Å². The molecule has 0 bridgehead atoms. The van der Waals surface area contributed by atoms with Gasteiger partial charge in [0, 0.05) is 12.5 Å². The van der Waals surface area contributed by atoms with Crippen molar-refractivity contribution >= 4 is 23.9 Å². The number of nitrogens with one attached hydrogen (secondary N) is 1. The highest BCUT2D eigenvalue weighted by Crippen LogP contribution is 2.34. The van der Waals surface area contributed by atoms with Gasteiger partial charge in [-0.25, -0.2) is 9.97 Å². The zero-order valence-corrected chi connectivity index (χ0v) is 14.9. The molecule has 0 saturated carbocycles. The summed E-state index contributed by atoms with van der Waals surface area (Å²) in [6.07, 6.45) is 5.31. The number of carbonyl (C=O) groups is 1. The molecule has 2 aromatic carbocycles. The van der Waals surface area contributed by atoms with Crippen LogP contribution >= 0.6 is 0 Å². The van der Waals surface area contributed by atoms with Gasteiger partial charge in [0.15, 0.2) is 5.82 Å². The number of rotatable bonds is 3. The Balaban J connectivity index is 1.82. The molecule has 4 rings (SSSR count). The van der Waals surface area contributed by atoms with E-state index in [1.807, 2.05) is 48.6 Å². The summed E-state index contributed by atoms with van der Waals surface area (Å²) >= 11 is 0. The molecule has 134 valence electrons. The highest BCUT2D eigenvalue weighted by Gasteiger charge is 2.21. The fourth-order valence-corrected chi connectivity index (χ4v) is 3.26. The number of phenolic OH excluding ortho intramolecular Hbond substituents is 1. The topological polar surface area (TPSA) is 75.1 Å². The highest BCUT2D eigenvalue weighted by molar-refractivity contribution is 5.90. The summed E-state index contributed by atoms with van der Waals surface area (Å²) in [6, 6.07) is 15.2. The lowest BCUT2D eigenvalue weighted by atomic mass is 9.91. The van der Waals surface area contributed by atoms with Gasteiger partial charge >= 0.3 is 0 Å². The lowest BCUT2D eigenvalue weighted by molar-refractivity contribution is -0.114. The second-order valence-electron chi connectivity index (χ2n) is 6.52. The van der Waals surface area contributed by atoms with Gasteiger partial charge in [0.1, 0.15) is 11.4 Å². The van der Waals surface area contributed by atoms with E-state index in [0.717, 1.165) is 34.5 Å². The quantitative estimate of drug-likeness (QED) is 0.741. The van der Waals surface area contributed by atoms with Crippen LogP contribution in [0.1, 0.15) is 29.4 Å². The minimum Gasteiger partial charge on any atom is -0.508 e. The van der Waals surface area contributed by atoms with E-state index in [2.05, 4.69) is 10.3 Å². The zero-order valence-electron chi connectivity index (χ0n) is 14.9. The molecule has 1 aliphatic carbocycles. The Labute approximate surface area is 157 Å². The van der Waals surface area contributed by atoms with Crippen LogP contribution in [0.15, 0.2) is 48.5 Å². The molecule has 2 N–H and O–H groups in total. The van der Waals surface area contributed by atoms with Crippen LogP contribution in [0.3, 0.4) is 0 Å². The number of aromatic nitrogens is 2. The highest BCUT2D eigenvalue weighted by atomic mass is 16.3. The largest absolute Gasteiger partial charge is 0.508 e. The summed E-state index contributed by atoms with van der Waals surface area (Å²) in [4.78, 5) is 21.1. The molecule has 1 heterocycles. The first-order valence-corrected chi connectivity index (χ1v) is 8.84. The average Bonchev–Trinajstić information content (AvgIpc) is 2.66. The van der Waals surface area contributed by atoms with Crippen LogP contribution in [0.2, 0.25) is 0 Å². The zero-order chi connectivity index (χ0) is 18.8. The van der Waals surface area contributed by atoms with Crippen LogP contribution < -0.4 is 5.32 Å². The number of carbonyl (C=O) groups excluding carboxylic acids is 1. The van der Waals surface area contributed by atoms with E-state index in [9.17, 15) is 9.90 Å². The van der Waals surface area contributed by atoms with Crippen molar-refractivity contribution in [2.75, 3.05) is 5.32 Å². The van der Waals surface area contributed by atoms with Crippen molar-refractivity contribution in [3.8, 4) is 17.0 Å². The summed E-state index contributed by atoms with van der Waals surface area (Å²) in [5.41, 5.74) is 5.34. The van der Waals surface area contributed by atoms with Gasteiger partial charge in [-0.2, -0.15) is 0 Å². The summed E-state index contributed by atoms with van der Waals surface area (Å²) in [5.74, 6) is 0.541. The third-order valence-electron chi connectivity index (χ3n) is 4.50. The maximum Gasteiger partial charge on any atom is 0.222 e. The third kappa shape index (κ3) is 3.58. The summed E-state index contributed by atoms with van der Waals surface area (Å²) in [5, 5.41) is 12.5. The van der Waals surface area contributed by atoms with E-state index in [4.69, 9.17) is 4.98 Å². The standard InChI is InChI=1S/C22H19N3O2/c1-14(26)23-22-20(11-7-15-5-3-2-4-6-15)24-21-18-10-9-17(27)13-16(18)8-12-19(21)25-22/h2-7,9-11,13,27H,8,12H2,1H3,(H,23,25,26). The number of amides is 1. The van der Waals surface area contributed by atoms with Crippen molar-refractivity contribution in [2.45, 2.75) is 19.8 Å². The molecule has 1 amide bonds. The molecular formula is C22H19N3O2. The molecule has 0 spiro atoms. The predicted octanol–water partition coefficient (Wildman–Crippen LogP) is 4.08. The normalized spacial score (nSPS) is 12.5. The molecule has 27 heavy (non-hydrogen) atoms. The maximum absolute atomic E-state index is 11.6. The fourth-order valence-electron chi connectivity index (χ4n) is 3.26. The van der Waals surface area contributed by atoms with Crippen molar-refractivity contribution in [2.24, 2.45) is 0 Å². The van der Waals surface area contributed by atoms with E-state index in [-0.39, 0.29) is 11.7 Å². The van der Waals surface area contributed by atoms with Gasteiger partial charge in [-0.3, -0.25) is 4.79 Å². The Morgan fingerprint density at radius 1 is 1.07 bits per heavy atom. The molecule has 0 fully saturated rings. The SMILES string of the molecule is CC(=O)Nc1nc2c(nc1C=Cc1ccccc1)-c1ccc(O)cc1CC2. The molecular weight excluding hydrogens is 338 g/mol. The third-order valence-corrected chi connectivity index (χ3v) is 4.50. The van der Waals surface area contributed by atoms with E-state index in [1.54, 1.807) is 12.1 Å². The van der Waals surface area contributed by atoms with Crippen LogP contribution in [-0.4, -0.2) is 21.0 Å². The van der Waals surface area contributed by atoms with Gasteiger partial charge in [0.05, 0.1) is 11.4 Å². The average molecular weight is 357 g/mol. The molecule has 0 unspecified atom stereocenters. The second kappa shape index (κ2) is 7.03. The lowest BCUT2D eigenvalue weighted by Crippen LogP contribution is -2.15. The number of aromatic hydroxyl groups is 1. The van der Waals surface area contributed by atoms with Gasteiger partial charge in [-0.05, 0) is 48.2 Å². The number of benzene rings is 2. The number of fused-ring (bicyclic) bond motifs is 3. The summed E-state index contributed by atoms with van der Waals surface area (Å²) in [7, 11) is 0. The smallest absolute Gasteiger partial charge is 0.222 e. The number of anilines is 1. The second-order valence-corrected chi connectivity index (χ2v) is 6.52. The Morgan fingerprint density at radius 3 is 2.67 bits per heavy atom. The minimum absolute atomic E-state index is 0.181. The first kappa shape index (κ1) is 17.0. The molecule has 3 aromatic rings. The molecule has 0 atom stereocenters. The molecule has 1 aliphatic rings. The maximum atomic E-state index is 11.6. The molecule has 0 saturated heterocycles. The van der Waals surface area contributed by atoms with E-state index < -0.39 is 0 Å². The van der Waals surface area contributed by atoms with Crippen LogP contribution in [0, 0.1) is 0 Å². The van der Waals surface area contributed by atoms with Crippen molar-refractivity contribution in [3.05, 3.63) is 71.0 Å². The number of hydrogen-bond donors (Lipinski definition) is 2. The minimum atomic E-state index is -0.181. The summed E-state index contributed by atoms with van der Waals surface area (Å²) in [6.45, 7) is 1.46. The number of phenols is 1. The fraction of sp³-hybridized carbons (Fsp3) is 0.136. The molecule has 1 aromatic heterocycles.